The van der Waals surface area contributed by atoms with Crippen molar-refractivity contribution in [2.45, 2.75) is 45.8 Å². The van der Waals surface area contributed by atoms with Crippen LogP contribution in [-0.2, 0) is 16.0 Å². The Bertz CT molecular complexity index is 891. The monoisotopic (exact) mass is 416 g/mol. The van der Waals surface area contributed by atoms with Crippen LogP contribution in [0.25, 0.3) is 0 Å². The summed E-state index contributed by atoms with van der Waals surface area (Å²) >= 11 is 6.24. The molecule has 0 heterocycles. The predicted molar refractivity (Wildman–Crippen MR) is 113 cm³/mol. The third-order valence-corrected chi connectivity index (χ3v) is 4.25. The summed E-state index contributed by atoms with van der Waals surface area (Å²) in [5.41, 5.74) is 0.820. The van der Waals surface area contributed by atoms with Gasteiger partial charge in [-0.3, -0.25) is 9.59 Å². The Kier molecular flexibility index (Phi) is 7.40. The number of hydrogen-bond donors (Lipinski definition) is 2. The fraction of sp³-hybridized carbons (Fsp3) is 0.318. The van der Waals surface area contributed by atoms with Crippen molar-refractivity contribution < 1.29 is 19.1 Å². The van der Waals surface area contributed by atoms with E-state index in [1.165, 1.54) is 6.92 Å². The number of rotatable bonds is 6. The minimum atomic E-state index is -0.971. The molecule has 0 aliphatic heterocycles. The predicted octanol–water partition coefficient (Wildman–Crippen LogP) is 4.62. The van der Waals surface area contributed by atoms with Crippen molar-refractivity contribution in [3.8, 4) is 0 Å². The van der Waals surface area contributed by atoms with Crippen LogP contribution in [0.15, 0.2) is 48.5 Å². The summed E-state index contributed by atoms with van der Waals surface area (Å²) in [5.74, 6) is -0.756. The molecule has 2 rings (SSSR count). The molecule has 1 atom stereocenters. The Morgan fingerprint density at radius 2 is 1.69 bits per heavy atom. The highest BCUT2D eigenvalue weighted by Crippen LogP contribution is 2.23. The molecule has 0 spiro atoms. The van der Waals surface area contributed by atoms with Crippen molar-refractivity contribution in [2.24, 2.45) is 0 Å². The lowest BCUT2D eigenvalue weighted by Crippen LogP contribution is -2.43. The fourth-order valence-electron chi connectivity index (χ4n) is 2.58. The lowest BCUT2D eigenvalue weighted by atomic mass is 9.99. The highest BCUT2D eigenvalue weighted by atomic mass is 35.5. The second-order valence-corrected chi connectivity index (χ2v) is 8.07. The molecular formula is C22H25ClN2O4. The number of benzene rings is 2. The lowest BCUT2D eigenvalue weighted by Gasteiger charge is -2.22. The summed E-state index contributed by atoms with van der Waals surface area (Å²) in [7, 11) is 0. The number of para-hydroxylation sites is 1. The van der Waals surface area contributed by atoms with Crippen LogP contribution in [0.3, 0.4) is 0 Å². The van der Waals surface area contributed by atoms with Crippen LogP contribution in [0.2, 0.25) is 5.02 Å². The first kappa shape index (κ1) is 22.4. The maximum Gasteiger partial charge on any atom is 0.408 e. The molecule has 0 radical (unpaired) electrons. The number of ether oxygens (including phenoxy) is 1. The molecule has 0 unspecified atom stereocenters. The molecule has 0 fully saturated rings. The van der Waals surface area contributed by atoms with Crippen molar-refractivity contribution in [1.29, 1.82) is 0 Å². The Balaban J connectivity index is 2.12. The SMILES string of the molecule is C[C@H](OC(=O)NC(C)(C)C)C(=O)Cc1cccc(Cl)c1C(=O)Nc1ccccc1. The molecule has 6 nitrogen and oxygen atoms in total. The minimum absolute atomic E-state index is 0.0952. The molecule has 7 heteroatoms. The van der Waals surface area contributed by atoms with Gasteiger partial charge in [-0.2, -0.15) is 0 Å². The summed E-state index contributed by atoms with van der Waals surface area (Å²) in [6.07, 6.45) is -1.74. The van der Waals surface area contributed by atoms with Crippen molar-refractivity contribution in [3.05, 3.63) is 64.7 Å². The van der Waals surface area contributed by atoms with E-state index in [1.807, 2.05) is 26.8 Å². The van der Waals surface area contributed by atoms with E-state index >= 15 is 0 Å². The quantitative estimate of drug-likeness (QED) is 0.719. The molecule has 2 N–H and O–H groups in total. The van der Waals surface area contributed by atoms with E-state index < -0.39 is 23.6 Å². The van der Waals surface area contributed by atoms with E-state index in [4.69, 9.17) is 16.3 Å². The molecule has 2 aromatic carbocycles. The van der Waals surface area contributed by atoms with E-state index in [9.17, 15) is 14.4 Å². The number of amides is 2. The van der Waals surface area contributed by atoms with Crippen LogP contribution in [0.4, 0.5) is 10.5 Å². The average molecular weight is 417 g/mol. The van der Waals surface area contributed by atoms with Gasteiger partial charge in [0.15, 0.2) is 11.9 Å². The first-order chi connectivity index (χ1) is 13.6. The molecule has 0 aromatic heterocycles. The number of anilines is 1. The standard InChI is InChI=1S/C22H25ClN2O4/c1-14(29-21(28)25-22(2,3)4)18(26)13-15-9-8-12-17(23)19(15)20(27)24-16-10-6-5-7-11-16/h5-12,14H,13H2,1-4H3,(H,24,27)(H,25,28)/t14-/m0/s1. The van der Waals surface area contributed by atoms with Crippen molar-refractivity contribution in [1.82, 2.24) is 5.32 Å². The number of ketones is 1. The Morgan fingerprint density at radius 1 is 1.03 bits per heavy atom. The van der Waals surface area contributed by atoms with Gasteiger partial charge in [-0.15, -0.1) is 0 Å². The van der Waals surface area contributed by atoms with Gasteiger partial charge in [0.25, 0.3) is 5.91 Å². The highest BCUT2D eigenvalue weighted by molar-refractivity contribution is 6.34. The zero-order chi connectivity index (χ0) is 21.6. The fourth-order valence-corrected chi connectivity index (χ4v) is 2.86. The minimum Gasteiger partial charge on any atom is -0.439 e. The second kappa shape index (κ2) is 9.56. The van der Waals surface area contributed by atoms with E-state index in [0.717, 1.165) is 0 Å². The number of carbonyl (C=O) groups is 3. The summed E-state index contributed by atoms with van der Waals surface area (Å²) in [4.78, 5) is 37.2. The largest absolute Gasteiger partial charge is 0.439 e. The first-order valence-electron chi connectivity index (χ1n) is 9.22. The molecular weight excluding hydrogens is 392 g/mol. The van der Waals surface area contributed by atoms with Crippen LogP contribution in [0.5, 0.6) is 0 Å². The average Bonchev–Trinajstić information content (AvgIpc) is 2.60. The van der Waals surface area contributed by atoms with Gasteiger partial charge in [-0.1, -0.05) is 41.9 Å². The van der Waals surface area contributed by atoms with E-state index in [0.29, 0.717) is 11.3 Å². The molecule has 0 saturated carbocycles. The van der Waals surface area contributed by atoms with Gasteiger partial charge in [0.2, 0.25) is 0 Å². The summed E-state index contributed by atoms with van der Waals surface area (Å²) in [6.45, 7) is 6.93. The second-order valence-electron chi connectivity index (χ2n) is 7.66. The van der Waals surface area contributed by atoms with E-state index in [-0.39, 0.29) is 22.8 Å². The third kappa shape index (κ3) is 6.91. The van der Waals surface area contributed by atoms with Crippen LogP contribution >= 0.6 is 11.6 Å². The molecule has 0 saturated heterocycles. The normalized spacial score (nSPS) is 12.0. The molecule has 2 amide bonds. The number of alkyl carbamates (subject to hydrolysis) is 1. The van der Waals surface area contributed by atoms with Gasteiger partial charge in [0.1, 0.15) is 0 Å². The Morgan fingerprint density at radius 3 is 2.31 bits per heavy atom. The van der Waals surface area contributed by atoms with Crippen molar-refractivity contribution >= 4 is 35.1 Å². The summed E-state index contributed by atoms with van der Waals surface area (Å²) in [5, 5.41) is 5.64. The van der Waals surface area contributed by atoms with Gasteiger partial charge >= 0.3 is 6.09 Å². The maximum absolute atomic E-state index is 12.7. The molecule has 29 heavy (non-hydrogen) atoms. The zero-order valence-electron chi connectivity index (χ0n) is 16.9. The Labute approximate surface area is 175 Å². The maximum atomic E-state index is 12.7. The molecule has 0 aliphatic rings. The number of nitrogens with one attached hydrogen (secondary N) is 2. The van der Waals surface area contributed by atoms with Crippen molar-refractivity contribution in [2.75, 3.05) is 5.32 Å². The molecule has 154 valence electrons. The first-order valence-corrected chi connectivity index (χ1v) is 9.60. The lowest BCUT2D eigenvalue weighted by molar-refractivity contribution is -0.125. The molecule has 2 aromatic rings. The molecule has 0 bridgehead atoms. The van der Waals surface area contributed by atoms with Crippen molar-refractivity contribution in [3.63, 3.8) is 0 Å². The summed E-state index contributed by atoms with van der Waals surface area (Å²) < 4.78 is 5.15. The molecule has 0 aliphatic carbocycles. The van der Waals surface area contributed by atoms with Gasteiger partial charge < -0.3 is 15.4 Å². The zero-order valence-corrected chi connectivity index (χ0v) is 17.7. The third-order valence-electron chi connectivity index (χ3n) is 3.94. The summed E-state index contributed by atoms with van der Waals surface area (Å²) in [6, 6.07) is 13.9. The van der Waals surface area contributed by atoms with E-state index in [1.54, 1.807) is 42.5 Å². The van der Waals surface area contributed by atoms with Crippen LogP contribution in [0, 0.1) is 0 Å². The Hall–Kier alpha value is -2.86. The van der Waals surface area contributed by atoms with Gasteiger partial charge in [0.05, 0.1) is 10.6 Å². The van der Waals surface area contributed by atoms with Crippen LogP contribution in [0.1, 0.15) is 43.6 Å². The van der Waals surface area contributed by atoms with Gasteiger partial charge in [0, 0.05) is 17.6 Å². The topological polar surface area (TPSA) is 84.5 Å². The van der Waals surface area contributed by atoms with Crippen LogP contribution in [-0.4, -0.2) is 29.4 Å². The number of Topliss-reactive ketones (excluding diaryl/α,β-unsaturated/α-hetero) is 1. The number of halogens is 1. The van der Waals surface area contributed by atoms with Gasteiger partial charge in [-0.25, -0.2) is 4.79 Å². The number of carbonyl (C=O) groups excluding carboxylic acids is 3. The van der Waals surface area contributed by atoms with Gasteiger partial charge in [-0.05, 0) is 51.5 Å². The van der Waals surface area contributed by atoms with Crippen LogP contribution < -0.4 is 10.6 Å². The number of hydrogen-bond acceptors (Lipinski definition) is 4. The smallest absolute Gasteiger partial charge is 0.408 e. The van der Waals surface area contributed by atoms with E-state index in [2.05, 4.69) is 10.6 Å². The highest BCUT2D eigenvalue weighted by Gasteiger charge is 2.24.